The highest BCUT2D eigenvalue weighted by atomic mass is 32.1. The summed E-state index contributed by atoms with van der Waals surface area (Å²) in [5.74, 6) is 6.41. The van der Waals surface area contributed by atoms with Crippen LogP contribution in [0.3, 0.4) is 0 Å². The van der Waals surface area contributed by atoms with E-state index in [2.05, 4.69) is 24.1 Å². The summed E-state index contributed by atoms with van der Waals surface area (Å²) in [7, 11) is 0. The van der Waals surface area contributed by atoms with Crippen LogP contribution in [-0.2, 0) is 0 Å². The molecule has 0 aromatic carbocycles. The first-order chi connectivity index (χ1) is 8.76. The molecule has 1 aromatic rings. The average molecular weight is 262 g/mol. The monoisotopic (exact) mass is 262 g/mol. The molecule has 2 unspecified atom stereocenters. The molecule has 2 rings (SSSR count). The van der Waals surface area contributed by atoms with E-state index in [0.29, 0.717) is 23.4 Å². The van der Waals surface area contributed by atoms with Gasteiger partial charge in [-0.25, -0.2) is 0 Å². The first kappa shape index (κ1) is 13.1. The quantitative estimate of drug-likeness (QED) is 0.815. The van der Waals surface area contributed by atoms with E-state index in [0.717, 1.165) is 12.0 Å². The van der Waals surface area contributed by atoms with Crippen molar-refractivity contribution >= 4 is 17.2 Å². The van der Waals surface area contributed by atoms with Gasteiger partial charge in [-0.3, -0.25) is 4.79 Å². The number of nitrogens with two attached hydrogens (primary N) is 1. The van der Waals surface area contributed by atoms with E-state index in [1.165, 1.54) is 24.2 Å². The minimum Gasteiger partial charge on any atom is -0.348 e. The molecule has 3 N–H and O–H groups in total. The van der Waals surface area contributed by atoms with Gasteiger partial charge < -0.3 is 11.1 Å². The zero-order chi connectivity index (χ0) is 13.0. The molecule has 96 valence electrons. The molecule has 18 heavy (non-hydrogen) atoms. The van der Waals surface area contributed by atoms with Gasteiger partial charge in [0.2, 0.25) is 0 Å². The number of thiophene rings is 1. The molecular formula is C14H18N2OS. The Labute approximate surface area is 112 Å². The maximum atomic E-state index is 12.1. The van der Waals surface area contributed by atoms with E-state index in [4.69, 9.17) is 5.73 Å². The molecule has 1 saturated carbocycles. The van der Waals surface area contributed by atoms with Gasteiger partial charge in [0, 0.05) is 11.6 Å². The molecule has 0 bridgehead atoms. The number of hydrogen-bond donors (Lipinski definition) is 2. The van der Waals surface area contributed by atoms with Crippen molar-refractivity contribution in [3.8, 4) is 11.8 Å². The van der Waals surface area contributed by atoms with Crippen LogP contribution in [0.1, 0.15) is 41.4 Å². The van der Waals surface area contributed by atoms with Crippen LogP contribution in [0.5, 0.6) is 0 Å². The van der Waals surface area contributed by atoms with E-state index >= 15 is 0 Å². The van der Waals surface area contributed by atoms with Gasteiger partial charge in [0.05, 0.1) is 6.54 Å². The summed E-state index contributed by atoms with van der Waals surface area (Å²) in [6.07, 6.45) is 3.51. The predicted octanol–water partition coefficient (Wildman–Crippen LogP) is 1.98. The van der Waals surface area contributed by atoms with Crippen molar-refractivity contribution < 1.29 is 4.79 Å². The van der Waals surface area contributed by atoms with Crippen LogP contribution in [0.25, 0.3) is 0 Å². The molecule has 0 spiro atoms. The average Bonchev–Trinajstić information content (AvgIpc) is 2.92. The molecule has 3 nitrogen and oxygen atoms in total. The molecule has 1 heterocycles. The first-order valence-electron chi connectivity index (χ1n) is 6.33. The van der Waals surface area contributed by atoms with Crippen LogP contribution in [0.15, 0.2) is 11.4 Å². The van der Waals surface area contributed by atoms with Crippen molar-refractivity contribution in [3.63, 3.8) is 0 Å². The third kappa shape index (κ3) is 3.12. The van der Waals surface area contributed by atoms with E-state index in [1.807, 2.05) is 11.4 Å². The third-order valence-electron chi connectivity index (χ3n) is 3.10. The second-order valence-electron chi connectivity index (χ2n) is 4.53. The van der Waals surface area contributed by atoms with Crippen molar-refractivity contribution in [2.75, 3.05) is 6.54 Å². The van der Waals surface area contributed by atoms with Gasteiger partial charge >= 0.3 is 0 Å². The summed E-state index contributed by atoms with van der Waals surface area (Å²) in [6, 6.07) is 2.24. The molecule has 1 aliphatic rings. The molecule has 1 aliphatic carbocycles. The topological polar surface area (TPSA) is 55.1 Å². The molecular weight excluding hydrogens is 244 g/mol. The summed E-state index contributed by atoms with van der Waals surface area (Å²) < 4.78 is 0. The highest BCUT2D eigenvalue weighted by Crippen LogP contribution is 2.35. The van der Waals surface area contributed by atoms with Crippen molar-refractivity contribution in [1.29, 1.82) is 0 Å². The Morgan fingerprint density at radius 2 is 2.50 bits per heavy atom. The van der Waals surface area contributed by atoms with Gasteiger partial charge in [-0.05, 0) is 30.2 Å². The Morgan fingerprint density at radius 1 is 1.67 bits per heavy atom. The normalized spacial score (nSPS) is 21.0. The fourth-order valence-electron chi connectivity index (χ4n) is 2.08. The largest absolute Gasteiger partial charge is 0.348 e. The van der Waals surface area contributed by atoms with E-state index in [-0.39, 0.29) is 5.91 Å². The Bertz CT molecular complexity index is 483. The van der Waals surface area contributed by atoms with Crippen molar-refractivity contribution in [2.45, 2.75) is 32.2 Å². The Hall–Kier alpha value is -1.31. The number of carbonyl (C=O) groups is 1. The molecule has 4 heteroatoms. The van der Waals surface area contributed by atoms with Crippen LogP contribution in [-0.4, -0.2) is 18.5 Å². The van der Waals surface area contributed by atoms with Crippen molar-refractivity contribution in [3.05, 3.63) is 21.9 Å². The molecule has 2 atom stereocenters. The Balaban J connectivity index is 1.95. The number of rotatable bonds is 4. The summed E-state index contributed by atoms with van der Waals surface area (Å²) >= 11 is 1.44. The summed E-state index contributed by atoms with van der Waals surface area (Å²) in [5, 5.41) is 4.98. The van der Waals surface area contributed by atoms with Crippen LogP contribution in [0, 0.1) is 17.8 Å². The number of amides is 1. The fourth-order valence-corrected chi connectivity index (χ4v) is 2.83. The Kier molecular flexibility index (Phi) is 4.40. The van der Waals surface area contributed by atoms with Gasteiger partial charge in [-0.2, -0.15) is 0 Å². The molecule has 1 fully saturated rings. The predicted molar refractivity (Wildman–Crippen MR) is 74.5 cm³/mol. The SMILES string of the molecule is CCCC1CC1NC(=O)c1sccc1C#CCN. The van der Waals surface area contributed by atoms with Gasteiger partial charge in [0.25, 0.3) is 5.91 Å². The van der Waals surface area contributed by atoms with E-state index in [1.54, 1.807) is 0 Å². The molecule has 1 aromatic heterocycles. The number of nitrogens with one attached hydrogen (secondary N) is 1. The van der Waals surface area contributed by atoms with Crippen LogP contribution in [0.2, 0.25) is 0 Å². The van der Waals surface area contributed by atoms with E-state index in [9.17, 15) is 4.79 Å². The smallest absolute Gasteiger partial charge is 0.262 e. The van der Waals surface area contributed by atoms with Gasteiger partial charge in [-0.1, -0.05) is 25.2 Å². The maximum Gasteiger partial charge on any atom is 0.262 e. The minimum atomic E-state index is 0.00919. The zero-order valence-corrected chi connectivity index (χ0v) is 11.3. The summed E-state index contributed by atoms with van der Waals surface area (Å²) in [4.78, 5) is 12.8. The van der Waals surface area contributed by atoms with Gasteiger partial charge in [-0.15, -0.1) is 11.3 Å². The van der Waals surface area contributed by atoms with Crippen molar-refractivity contribution in [2.24, 2.45) is 11.7 Å². The molecule has 0 radical (unpaired) electrons. The van der Waals surface area contributed by atoms with Crippen LogP contribution in [0.4, 0.5) is 0 Å². The summed E-state index contributed by atoms with van der Waals surface area (Å²) in [6.45, 7) is 2.50. The lowest BCUT2D eigenvalue weighted by atomic mass is 10.2. The lowest BCUT2D eigenvalue weighted by Gasteiger charge is -2.03. The standard InChI is InChI=1S/C14H18N2OS/c1-2-4-11-9-12(11)16-14(17)13-10(5-3-7-15)6-8-18-13/h6,8,11-12H,2,4,7,9,15H2,1H3,(H,16,17). The van der Waals surface area contributed by atoms with Gasteiger partial charge in [0.15, 0.2) is 0 Å². The molecule has 0 saturated heterocycles. The maximum absolute atomic E-state index is 12.1. The van der Waals surface area contributed by atoms with E-state index < -0.39 is 0 Å². The number of hydrogen-bond acceptors (Lipinski definition) is 3. The lowest BCUT2D eigenvalue weighted by molar-refractivity contribution is 0.0952. The van der Waals surface area contributed by atoms with Crippen LogP contribution < -0.4 is 11.1 Å². The highest BCUT2D eigenvalue weighted by molar-refractivity contribution is 7.12. The van der Waals surface area contributed by atoms with Gasteiger partial charge in [0.1, 0.15) is 4.88 Å². The molecule has 0 aliphatic heterocycles. The second kappa shape index (κ2) is 6.03. The van der Waals surface area contributed by atoms with Crippen LogP contribution >= 0.6 is 11.3 Å². The third-order valence-corrected chi connectivity index (χ3v) is 4.01. The first-order valence-corrected chi connectivity index (χ1v) is 7.21. The summed E-state index contributed by atoms with van der Waals surface area (Å²) in [5.41, 5.74) is 6.13. The van der Waals surface area contributed by atoms with Crippen molar-refractivity contribution in [1.82, 2.24) is 5.32 Å². The highest BCUT2D eigenvalue weighted by Gasteiger charge is 2.37. The number of carbonyl (C=O) groups excluding carboxylic acids is 1. The fraction of sp³-hybridized carbons (Fsp3) is 0.500. The second-order valence-corrected chi connectivity index (χ2v) is 5.45. The zero-order valence-electron chi connectivity index (χ0n) is 10.5. The lowest BCUT2D eigenvalue weighted by Crippen LogP contribution is -2.26. The molecule has 1 amide bonds. The minimum absolute atomic E-state index is 0.00919. The Morgan fingerprint density at radius 3 is 3.22 bits per heavy atom.